The molecule has 0 radical (unpaired) electrons. The Morgan fingerprint density at radius 1 is 1.20 bits per heavy atom. The number of hydrogen-bond donors (Lipinski definition) is 4. The fourth-order valence-corrected chi connectivity index (χ4v) is 1.13. The molecule has 1 atom stereocenters. The molecular formula is C7H17O7P. The molecule has 0 aromatic heterocycles. The lowest BCUT2D eigenvalue weighted by molar-refractivity contribution is 0.00466. The molecule has 0 aliphatic heterocycles. The minimum Gasteiger partial charge on any atom is -0.394 e. The molecule has 0 saturated carbocycles. The van der Waals surface area contributed by atoms with E-state index in [1.807, 2.05) is 0 Å². The van der Waals surface area contributed by atoms with Gasteiger partial charge < -0.3 is 24.7 Å². The molecule has 0 aromatic carbocycles. The smallest absolute Gasteiger partial charge is 0.394 e. The van der Waals surface area contributed by atoms with Crippen LogP contribution in [0.25, 0.3) is 0 Å². The summed E-state index contributed by atoms with van der Waals surface area (Å²) in [5.74, 6) is 0. The zero-order valence-electron chi connectivity index (χ0n) is 8.28. The molecule has 0 aliphatic carbocycles. The van der Waals surface area contributed by atoms with Gasteiger partial charge in [-0.2, -0.15) is 0 Å². The molecule has 0 saturated heterocycles. The van der Waals surface area contributed by atoms with Crippen LogP contribution in [0.1, 0.15) is 12.8 Å². The van der Waals surface area contributed by atoms with Gasteiger partial charge in [0.15, 0.2) is 0 Å². The topological polar surface area (TPSA) is 116 Å². The summed E-state index contributed by atoms with van der Waals surface area (Å²) in [6.45, 7) is 0.0228. The van der Waals surface area contributed by atoms with Gasteiger partial charge in [0.2, 0.25) is 0 Å². The highest BCUT2D eigenvalue weighted by Crippen LogP contribution is 2.35. The van der Waals surface area contributed by atoms with E-state index in [-0.39, 0.29) is 19.8 Å². The van der Waals surface area contributed by atoms with Crippen molar-refractivity contribution in [2.75, 3.05) is 26.4 Å². The fourth-order valence-electron chi connectivity index (χ4n) is 0.762. The Balaban J connectivity index is 3.16. The van der Waals surface area contributed by atoms with E-state index < -0.39 is 13.9 Å². The van der Waals surface area contributed by atoms with Crippen molar-refractivity contribution >= 4 is 7.82 Å². The first-order chi connectivity index (χ1) is 6.95. The SMILES string of the molecule is O=P(O)(O)OCCCCOCC(O)CO. The molecule has 0 heterocycles. The van der Waals surface area contributed by atoms with Gasteiger partial charge in [-0.1, -0.05) is 0 Å². The maximum atomic E-state index is 10.2. The third-order valence-corrected chi connectivity index (χ3v) is 1.98. The summed E-state index contributed by atoms with van der Waals surface area (Å²) in [6.07, 6.45) is 0.148. The number of phosphoric ester groups is 1. The van der Waals surface area contributed by atoms with Crippen LogP contribution in [0.3, 0.4) is 0 Å². The number of unbranched alkanes of at least 4 members (excludes halogenated alkanes) is 1. The van der Waals surface area contributed by atoms with E-state index in [9.17, 15) is 4.57 Å². The lowest BCUT2D eigenvalue weighted by Gasteiger charge is -2.08. The summed E-state index contributed by atoms with van der Waals surface area (Å²) in [6, 6.07) is 0. The number of ether oxygens (including phenoxy) is 1. The first kappa shape index (κ1) is 15.0. The molecule has 8 heteroatoms. The number of phosphoric acid groups is 1. The second-order valence-electron chi connectivity index (χ2n) is 2.94. The average molecular weight is 244 g/mol. The molecule has 1 unspecified atom stereocenters. The Bertz CT molecular complexity index is 192. The van der Waals surface area contributed by atoms with Gasteiger partial charge in [-0.15, -0.1) is 0 Å². The van der Waals surface area contributed by atoms with Gasteiger partial charge in [-0.05, 0) is 12.8 Å². The highest BCUT2D eigenvalue weighted by Gasteiger charge is 2.12. The molecule has 15 heavy (non-hydrogen) atoms. The van der Waals surface area contributed by atoms with Crippen LogP contribution in [0.2, 0.25) is 0 Å². The Morgan fingerprint density at radius 2 is 1.80 bits per heavy atom. The molecule has 0 aromatic rings. The van der Waals surface area contributed by atoms with Gasteiger partial charge in [-0.3, -0.25) is 4.52 Å². The van der Waals surface area contributed by atoms with Crippen LogP contribution < -0.4 is 0 Å². The Kier molecular flexibility index (Phi) is 8.17. The minimum atomic E-state index is -4.36. The summed E-state index contributed by atoms with van der Waals surface area (Å²) in [7, 11) is -4.36. The number of aliphatic hydroxyl groups excluding tert-OH is 2. The first-order valence-electron chi connectivity index (χ1n) is 4.52. The largest absolute Gasteiger partial charge is 0.469 e. The quantitative estimate of drug-likeness (QED) is 0.311. The zero-order valence-corrected chi connectivity index (χ0v) is 9.18. The van der Waals surface area contributed by atoms with Crippen LogP contribution in [-0.4, -0.2) is 52.5 Å². The van der Waals surface area contributed by atoms with Crippen molar-refractivity contribution < 1.29 is 33.8 Å². The third-order valence-electron chi connectivity index (χ3n) is 1.46. The highest BCUT2D eigenvalue weighted by molar-refractivity contribution is 7.46. The summed E-state index contributed by atoms with van der Waals surface area (Å²) in [5, 5.41) is 17.3. The van der Waals surface area contributed by atoms with Gasteiger partial charge in [0.05, 0.1) is 19.8 Å². The third kappa shape index (κ3) is 11.9. The summed E-state index contributed by atoms with van der Waals surface area (Å²) in [5.41, 5.74) is 0. The first-order valence-corrected chi connectivity index (χ1v) is 6.05. The predicted octanol–water partition coefficient (Wildman–Crippen LogP) is -0.754. The Morgan fingerprint density at radius 3 is 2.33 bits per heavy atom. The molecule has 0 aliphatic rings. The minimum absolute atomic E-state index is 0.0316. The van der Waals surface area contributed by atoms with Crippen LogP contribution in [0.15, 0.2) is 0 Å². The maximum absolute atomic E-state index is 10.2. The van der Waals surface area contributed by atoms with E-state index in [1.54, 1.807) is 0 Å². The van der Waals surface area contributed by atoms with Crippen molar-refractivity contribution in [3.8, 4) is 0 Å². The number of rotatable bonds is 9. The molecule has 92 valence electrons. The van der Waals surface area contributed by atoms with E-state index >= 15 is 0 Å². The van der Waals surface area contributed by atoms with Gasteiger partial charge in [0.1, 0.15) is 6.10 Å². The van der Waals surface area contributed by atoms with Crippen molar-refractivity contribution in [1.82, 2.24) is 0 Å². The van der Waals surface area contributed by atoms with Crippen molar-refractivity contribution in [2.24, 2.45) is 0 Å². The van der Waals surface area contributed by atoms with Crippen LogP contribution in [-0.2, 0) is 13.8 Å². The van der Waals surface area contributed by atoms with Crippen LogP contribution in [0.5, 0.6) is 0 Å². The van der Waals surface area contributed by atoms with Gasteiger partial charge in [0.25, 0.3) is 0 Å². The molecule has 0 bridgehead atoms. The van der Waals surface area contributed by atoms with E-state index in [2.05, 4.69) is 4.52 Å². The van der Waals surface area contributed by atoms with E-state index in [1.165, 1.54) is 0 Å². The van der Waals surface area contributed by atoms with E-state index in [4.69, 9.17) is 24.7 Å². The second kappa shape index (κ2) is 8.18. The summed E-state index contributed by atoms with van der Waals surface area (Å²) < 4.78 is 19.4. The molecule has 0 fully saturated rings. The van der Waals surface area contributed by atoms with E-state index in [0.29, 0.717) is 19.4 Å². The van der Waals surface area contributed by atoms with Gasteiger partial charge in [-0.25, -0.2) is 4.57 Å². The monoisotopic (exact) mass is 244 g/mol. The van der Waals surface area contributed by atoms with Crippen LogP contribution in [0.4, 0.5) is 0 Å². The lowest BCUT2D eigenvalue weighted by atomic mass is 10.3. The zero-order chi connectivity index (χ0) is 11.7. The molecule has 4 N–H and O–H groups in total. The maximum Gasteiger partial charge on any atom is 0.469 e. The molecule has 0 spiro atoms. The fraction of sp³-hybridized carbons (Fsp3) is 1.00. The standard InChI is InChI=1S/C7H17O7P/c8-5-7(9)6-13-3-1-2-4-14-15(10,11)12/h7-9H,1-6H2,(H2,10,11,12). The van der Waals surface area contributed by atoms with E-state index in [0.717, 1.165) is 0 Å². The normalized spacial score (nSPS) is 14.1. The lowest BCUT2D eigenvalue weighted by Crippen LogP contribution is -2.19. The molecule has 7 nitrogen and oxygen atoms in total. The van der Waals surface area contributed by atoms with Crippen LogP contribution >= 0.6 is 7.82 Å². The molecule has 0 amide bonds. The van der Waals surface area contributed by atoms with Crippen molar-refractivity contribution in [2.45, 2.75) is 18.9 Å². The van der Waals surface area contributed by atoms with Crippen molar-refractivity contribution in [3.05, 3.63) is 0 Å². The summed E-state index contributed by atoms with van der Waals surface area (Å²) in [4.78, 5) is 16.6. The predicted molar refractivity (Wildman–Crippen MR) is 51.1 cm³/mol. The highest BCUT2D eigenvalue weighted by atomic mass is 31.2. The second-order valence-corrected chi connectivity index (χ2v) is 4.18. The Hall–Kier alpha value is -0.0100. The summed E-state index contributed by atoms with van der Waals surface area (Å²) >= 11 is 0. The van der Waals surface area contributed by atoms with Gasteiger partial charge in [0, 0.05) is 6.61 Å². The number of hydrogen-bond acceptors (Lipinski definition) is 5. The molecular weight excluding hydrogens is 227 g/mol. The van der Waals surface area contributed by atoms with Crippen LogP contribution in [0, 0.1) is 0 Å². The Labute approximate surface area is 87.9 Å². The van der Waals surface area contributed by atoms with Crippen molar-refractivity contribution in [3.63, 3.8) is 0 Å². The molecule has 0 rings (SSSR count). The van der Waals surface area contributed by atoms with Crippen molar-refractivity contribution in [1.29, 1.82) is 0 Å². The van der Waals surface area contributed by atoms with Gasteiger partial charge >= 0.3 is 7.82 Å². The average Bonchev–Trinajstić information content (AvgIpc) is 2.14. The number of aliphatic hydroxyl groups is 2.